The number of halogens is 1. The van der Waals surface area contributed by atoms with E-state index < -0.39 is 6.10 Å². The SMILES string of the molecule is CC(=O)Nc1ccc(NC(=O)N(C[C@H](O)c2ccccc2)C2CC2)c(Cl)c1. The van der Waals surface area contributed by atoms with Crippen LogP contribution in [0.4, 0.5) is 16.2 Å². The third-order valence-electron chi connectivity index (χ3n) is 4.33. The first-order valence-electron chi connectivity index (χ1n) is 8.82. The number of nitrogens with one attached hydrogen (secondary N) is 2. The highest BCUT2D eigenvalue weighted by Gasteiger charge is 2.34. The molecule has 1 fully saturated rings. The minimum Gasteiger partial charge on any atom is -0.387 e. The number of aliphatic hydroxyl groups is 1. The fourth-order valence-corrected chi connectivity index (χ4v) is 3.06. The summed E-state index contributed by atoms with van der Waals surface area (Å²) in [4.78, 5) is 25.5. The molecule has 2 aromatic rings. The number of benzene rings is 2. The largest absolute Gasteiger partial charge is 0.387 e. The summed E-state index contributed by atoms with van der Waals surface area (Å²) in [6.07, 6.45) is 1.09. The molecule has 7 heteroatoms. The second-order valence-corrected chi connectivity index (χ2v) is 7.02. The number of anilines is 2. The average molecular weight is 388 g/mol. The van der Waals surface area contributed by atoms with Crippen molar-refractivity contribution in [3.63, 3.8) is 0 Å². The van der Waals surface area contributed by atoms with Gasteiger partial charge in [0.2, 0.25) is 5.91 Å². The van der Waals surface area contributed by atoms with Crippen molar-refractivity contribution < 1.29 is 14.7 Å². The Labute approximate surface area is 163 Å². The summed E-state index contributed by atoms with van der Waals surface area (Å²) < 4.78 is 0. The molecule has 0 bridgehead atoms. The number of carbonyl (C=O) groups excluding carboxylic acids is 2. The number of hydrogen-bond donors (Lipinski definition) is 3. The topological polar surface area (TPSA) is 81.7 Å². The van der Waals surface area contributed by atoms with Crippen molar-refractivity contribution in [1.82, 2.24) is 4.90 Å². The Balaban J connectivity index is 1.68. The van der Waals surface area contributed by atoms with Crippen LogP contribution in [0.3, 0.4) is 0 Å². The van der Waals surface area contributed by atoms with Crippen LogP contribution in [0.2, 0.25) is 5.02 Å². The maximum absolute atomic E-state index is 12.8. The van der Waals surface area contributed by atoms with Gasteiger partial charge in [0.05, 0.1) is 23.4 Å². The molecule has 0 heterocycles. The molecule has 0 radical (unpaired) electrons. The van der Waals surface area contributed by atoms with Crippen molar-refractivity contribution >= 4 is 34.9 Å². The summed E-state index contributed by atoms with van der Waals surface area (Å²) in [5.74, 6) is -0.197. The van der Waals surface area contributed by atoms with Crippen LogP contribution in [-0.4, -0.2) is 34.5 Å². The van der Waals surface area contributed by atoms with E-state index in [1.54, 1.807) is 23.1 Å². The van der Waals surface area contributed by atoms with E-state index in [-0.39, 0.29) is 24.5 Å². The molecule has 3 amide bonds. The zero-order chi connectivity index (χ0) is 19.4. The van der Waals surface area contributed by atoms with Gasteiger partial charge >= 0.3 is 6.03 Å². The number of rotatable bonds is 6. The highest BCUT2D eigenvalue weighted by atomic mass is 35.5. The molecule has 3 N–H and O–H groups in total. The van der Waals surface area contributed by atoms with Crippen molar-refractivity contribution in [2.75, 3.05) is 17.2 Å². The Bertz CT molecular complexity index is 824. The Kier molecular flexibility index (Phi) is 5.98. The summed E-state index contributed by atoms with van der Waals surface area (Å²) in [7, 11) is 0. The minimum atomic E-state index is -0.754. The third kappa shape index (κ3) is 5.21. The van der Waals surface area contributed by atoms with Crippen LogP contribution in [0.1, 0.15) is 31.4 Å². The molecule has 1 saturated carbocycles. The van der Waals surface area contributed by atoms with Crippen LogP contribution in [0.5, 0.6) is 0 Å². The van der Waals surface area contributed by atoms with Gasteiger partial charge in [-0.3, -0.25) is 4.79 Å². The fraction of sp³-hybridized carbons (Fsp3) is 0.300. The van der Waals surface area contributed by atoms with Gasteiger partial charge in [-0.2, -0.15) is 0 Å². The number of aliphatic hydroxyl groups excluding tert-OH is 1. The molecular weight excluding hydrogens is 366 g/mol. The lowest BCUT2D eigenvalue weighted by molar-refractivity contribution is -0.114. The molecule has 27 heavy (non-hydrogen) atoms. The molecule has 1 atom stereocenters. The Morgan fingerprint density at radius 3 is 2.48 bits per heavy atom. The quantitative estimate of drug-likeness (QED) is 0.699. The normalized spacial score (nSPS) is 14.3. The van der Waals surface area contributed by atoms with Gasteiger partial charge in [0.1, 0.15) is 0 Å². The molecule has 3 rings (SSSR count). The Morgan fingerprint density at radius 1 is 1.19 bits per heavy atom. The number of urea groups is 1. The molecule has 142 valence electrons. The first kappa shape index (κ1) is 19.2. The molecule has 1 aliphatic rings. The molecule has 0 unspecified atom stereocenters. The van der Waals surface area contributed by atoms with E-state index >= 15 is 0 Å². The van der Waals surface area contributed by atoms with Crippen LogP contribution in [0, 0.1) is 0 Å². The van der Waals surface area contributed by atoms with Crippen molar-refractivity contribution in [2.45, 2.75) is 31.9 Å². The second-order valence-electron chi connectivity index (χ2n) is 6.62. The van der Waals surface area contributed by atoms with Crippen LogP contribution >= 0.6 is 11.6 Å². The number of nitrogens with zero attached hydrogens (tertiary/aromatic N) is 1. The third-order valence-corrected chi connectivity index (χ3v) is 4.65. The monoisotopic (exact) mass is 387 g/mol. The molecular formula is C20H22ClN3O3. The van der Waals surface area contributed by atoms with Gasteiger partial charge in [-0.15, -0.1) is 0 Å². The summed E-state index contributed by atoms with van der Waals surface area (Å²) in [5, 5.41) is 16.2. The number of amides is 3. The molecule has 6 nitrogen and oxygen atoms in total. The van der Waals surface area contributed by atoms with Gasteiger partial charge in [0, 0.05) is 18.7 Å². The fourth-order valence-electron chi connectivity index (χ4n) is 2.84. The molecule has 0 aromatic heterocycles. The van der Waals surface area contributed by atoms with Crippen LogP contribution in [0.15, 0.2) is 48.5 Å². The van der Waals surface area contributed by atoms with E-state index in [9.17, 15) is 14.7 Å². The lowest BCUT2D eigenvalue weighted by Gasteiger charge is -2.26. The van der Waals surface area contributed by atoms with E-state index in [1.807, 2.05) is 30.3 Å². The van der Waals surface area contributed by atoms with Crippen LogP contribution in [0.25, 0.3) is 0 Å². The zero-order valence-corrected chi connectivity index (χ0v) is 15.7. The van der Waals surface area contributed by atoms with E-state index in [0.29, 0.717) is 16.4 Å². The molecule has 1 aliphatic carbocycles. The van der Waals surface area contributed by atoms with Gasteiger partial charge in [0.25, 0.3) is 0 Å². The zero-order valence-electron chi connectivity index (χ0n) is 15.0. The summed E-state index contributed by atoms with van der Waals surface area (Å²) in [6.45, 7) is 1.62. The predicted octanol–water partition coefficient (Wildman–Crippen LogP) is 4.03. The van der Waals surface area contributed by atoms with E-state index in [0.717, 1.165) is 18.4 Å². The highest BCUT2D eigenvalue weighted by Crippen LogP contribution is 2.31. The summed E-state index contributed by atoms with van der Waals surface area (Å²) in [6, 6.07) is 14.0. The summed E-state index contributed by atoms with van der Waals surface area (Å²) >= 11 is 6.22. The van der Waals surface area contributed by atoms with E-state index in [4.69, 9.17) is 11.6 Å². The second kappa shape index (κ2) is 8.41. The van der Waals surface area contributed by atoms with Gasteiger partial charge in [-0.1, -0.05) is 41.9 Å². The molecule has 0 spiro atoms. The van der Waals surface area contributed by atoms with Crippen molar-refractivity contribution in [2.24, 2.45) is 0 Å². The highest BCUT2D eigenvalue weighted by molar-refractivity contribution is 6.34. The molecule has 0 aliphatic heterocycles. The number of hydrogen-bond acceptors (Lipinski definition) is 3. The lowest BCUT2D eigenvalue weighted by Crippen LogP contribution is -2.39. The predicted molar refractivity (Wildman–Crippen MR) is 106 cm³/mol. The first-order chi connectivity index (χ1) is 12.9. The first-order valence-corrected chi connectivity index (χ1v) is 9.19. The maximum Gasteiger partial charge on any atom is 0.322 e. The number of carbonyl (C=O) groups is 2. The van der Waals surface area contributed by atoms with Crippen molar-refractivity contribution in [3.05, 3.63) is 59.1 Å². The van der Waals surface area contributed by atoms with Crippen LogP contribution < -0.4 is 10.6 Å². The van der Waals surface area contributed by atoms with Crippen LogP contribution in [-0.2, 0) is 4.79 Å². The Hall–Kier alpha value is -2.57. The average Bonchev–Trinajstić information content (AvgIpc) is 3.47. The smallest absolute Gasteiger partial charge is 0.322 e. The van der Waals surface area contributed by atoms with Gasteiger partial charge in [-0.25, -0.2) is 4.79 Å². The van der Waals surface area contributed by atoms with Crippen molar-refractivity contribution in [1.29, 1.82) is 0 Å². The van der Waals surface area contributed by atoms with Gasteiger partial charge < -0.3 is 20.6 Å². The van der Waals surface area contributed by atoms with E-state index in [2.05, 4.69) is 10.6 Å². The van der Waals surface area contributed by atoms with E-state index in [1.165, 1.54) is 6.92 Å². The summed E-state index contributed by atoms with van der Waals surface area (Å²) in [5.41, 5.74) is 1.79. The van der Waals surface area contributed by atoms with Gasteiger partial charge in [-0.05, 0) is 36.6 Å². The molecule has 0 saturated heterocycles. The Morgan fingerprint density at radius 2 is 1.89 bits per heavy atom. The van der Waals surface area contributed by atoms with Crippen molar-refractivity contribution in [3.8, 4) is 0 Å². The van der Waals surface area contributed by atoms with Gasteiger partial charge in [0.15, 0.2) is 0 Å². The molecule has 2 aromatic carbocycles. The maximum atomic E-state index is 12.8. The standard InChI is InChI=1S/C20H22ClN3O3/c1-13(25)22-15-7-10-18(17(21)11-15)23-20(27)24(16-8-9-16)12-19(26)14-5-3-2-4-6-14/h2-7,10-11,16,19,26H,8-9,12H2,1H3,(H,22,25)(H,23,27)/t19-/m0/s1. The minimum absolute atomic E-state index is 0.126. The lowest BCUT2D eigenvalue weighted by atomic mass is 10.1.